The van der Waals surface area contributed by atoms with Crippen molar-refractivity contribution in [2.75, 3.05) is 5.32 Å². The van der Waals surface area contributed by atoms with Crippen LogP contribution in [0, 0.1) is 12.7 Å². The molecule has 3 aromatic rings. The maximum atomic E-state index is 13.8. The van der Waals surface area contributed by atoms with Crippen LogP contribution in [0.25, 0.3) is 5.69 Å². The number of nitrogens with one attached hydrogen (secondary N) is 1. The molecular weight excluding hydrogens is 283 g/mol. The summed E-state index contributed by atoms with van der Waals surface area (Å²) in [5, 5.41) is 10.5. The van der Waals surface area contributed by atoms with E-state index in [0.717, 1.165) is 0 Å². The second-order valence-electron chi connectivity index (χ2n) is 4.71. The van der Waals surface area contributed by atoms with E-state index in [9.17, 15) is 9.18 Å². The van der Waals surface area contributed by atoms with Gasteiger partial charge in [0.1, 0.15) is 11.5 Å². The van der Waals surface area contributed by atoms with Gasteiger partial charge < -0.3 is 5.32 Å². The molecule has 0 aliphatic rings. The Morgan fingerprint density at radius 2 is 1.77 bits per heavy atom. The molecule has 22 heavy (non-hydrogen) atoms. The summed E-state index contributed by atoms with van der Waals surface area (Å²) < 4.78 is 15.1. The Bertz CT molecular complexity index is 814. The summed E-state index contributed by atoms with van der Waals surface area (Å²) in [4.78, 5) is 12.2. The van der Waals surface area contributed by atoms with Crippen LogP contribution in [0.1, 0.15) is 16.2 Å². The third kappa shape index (κ3) is 2.58. The highest BCUT2D eigenvalue weighted by atomic mass is 19.1. The highest BCUT2D eigenvalue weighted by Gasteiger charge is 2.18. The first-order valence-electron chi connectivity index (χ1n) is 6.70. The SMILES string of the molecule is Cc1c(C(=O)Nc2ccccc2)nnn1-c1ccccc1F. The fraction of sp³-hybridized carbons (Fsp3) is 0.0625. The van der Waals surface area contributed by atoms with Crippen molar-refractivity contribution in [2.45, 2.75) is 6.92 Å². The summed E-state index contributed by atoms with van der Waals surface area (Å²) in [6.45, 7) is 1.67. The molecule has 0 aliphatic carbocycles. The Labute approximate surface area is 126 Å². The van der Waals surface area contributed by atoms with Crippen molar-refractivity contribution in [1.82, 2.24) is 15.0 Å². The smallest absolute Gasteiger partial charge is 0.278 e. The van der Waals surface area contributed by atoms with Gasteiger partial charge in [0.15, 0.2) is 5.69 Å². The number of hydrogen-bond donors (Lipinski definition) is 1. The van der Waals surface area contributed by atoms with Crippen molar-refractivity contribution in [3.63, 3.8) is 0 Å². The molecular formula is C16H13FN4O. The Balaban J connectivity index is 1.91. The Kier molecular flexibility index (Phi) is 3.65. The van der Waals surface area contributed by atoms with Crippen LogP contribution >= 0.6 is 0 Å². The minimum Gasteiger partial charge on any atom is -0.321 e. The van der Waals surface area contributed by atoms with Gasteiger partial charge in [-0.2, -0.15) is 0 Å². The average Bonchev–Trinajstić information content (AvgIpc) is 2.90. The van der Waals surface area contributed by atoms with Crippen molar-refractivity contribution in [2.24, 2.45) is 0 Å². The number of aromatic nitrogens is 3. The molecule has 0 saturated carbocycles. The molecule has 1 aromatic heterocycles. The van der Waals surface area contributed by atoms with Gasteiger partial charge in [-0.05, 0) is 31.2 Å². The van der Waals surface area contributed by atoms with E-state index in [0.29, 0.717) is 11.4 Å². The van der Waals surface area contributed by atoms with Crippen molar-refractivity contribution in [3.05, 3.63) is 71.8 Å². The molecule has 3 rings (SSSR count). The van der Waals surface area contributed by atoms with Crippen LogP contribution < -0.4 is 5.32 Å². The fourth-order valence-electron chi connectivity index (χ4n) is 2.10. The largest absolute Gasteiger partial charge is 0.321 e. The number of anilines is 1. The van der Waals surface area contributed by atoms with Gasteiger partial charge in [0.05, 0.1) is 5.69 Å². The molecule has 0 saturated heterocycles. The number of rotatable bonds is 3. The van der Waals surface area contributed by atoms with E-state index in [1.807, 2.05) is 18.2 Å². The third-order valence-electron chi connectivity index (χ3n) is 3.22. The number of benzene rings is 2. The van der Waals surface area contributed by atoms with Gasteiger partial charge in [-0.1, -0.05) is 35.5 Å². The zero-order valence-electron chi connectivity index (χ0n) is 11.8. The van der Waals surface area contributed by atoms with Crippen LogP contribution in [0.3, 0.4) is 0 Å². The fourth-order valence-corrected chi connectivity index (χ4v) is 2.10. The Morgan fingerprint density at radius 3 is 2.50 bits per heavy atom. The zero-order valence-corrected chi connectivity index (χ0v) is 11.8. The molecule has 0 bridgehead atoms. The van der Waals surface area contributed by atoms with Gasteiger partial charge >= 0.3 is 0 Å². The topological polar surface area (TPSA) is 59.8 Å². The third-order valence-corrected chi connectivity index (χ3v) is 3.22. The van der Waals surface area contributed by atoms with E-state index in [4.69, 9.17) is 0 Å². The molecule has 0 aliphatic heterocycles. The van der Waals surface area contributed by atoms with E-state index >= 15 is 0 Å². The zero-order chi connectivity index (χ0) is 15.5. The summed E-state index contributed by atoms with van der Waals surface area (Å²) in [5.74, 6) is -0.809. The molecule has 0 atom stereocenters. The van der Waals surface area contributed by atoms with Crippen LogP contribution in [0.5, 0.6) is 0 Å². The van der Waals surface area contributed by atoms with E-state index < -0.39 is 5.82 Å². The summed E-state index contributed by atoms with van der Waals surface area (Å²) in [6.07, 6.45) is 0. The number of hydrogen-bond acceptors (Lipinski definition) is 3. The maximum absolute atomic E-state index is 13.8. The monoisotopic (exact) mass is 296 g/mol. The van der Waals surface area contributed by atoms with Crippen LogP contribution in [0.2, 0.25) is 0 Å². The number of amides is 1. The standard InChI is InChI=1S/C16H13FN4O/c1-11-15(16(22)18-12-7-3-2-4-8-12)19-20-21(11)14-10-6-5-9-13(14)17/h2-10H,1H3,(H,18,22). The Morgan fingerprint density at radius 1 is 1.09 bits per heavy atom. The van der Waals surface area contributed by atoms with Gasteiger partial charge in [0.25, 0.3) is 5.91 Å². The number of nitrogens with zero attached hydrogens (tertiary/aromatic N) is 3. The number of carbonyl (C=O) groups excluding carboxylic acids is 1. The summed E-state index contributed by atoms with van der Waals surface area (Å²) in [5.41, 5.74) is 1.55. The first-order chi connectivity index (χ1) is 10.7. The van der Waals surface area contributed by atoms with Gasteiger partial charge in [-0.3, -0.25) is 4.79 Å². The van der Waals surface area contributed by atoms with Gasteiger partial charge in [-0.15, -0.1) is 5.10 Å². The average molecular weight is 296 g/mol. The number of para-hydroxylation sites is 2. The molecule has 2 aromatic carbocycles. The number of carbonyl (C=O) groups is 1. The predicted octanol–water partition coefficient (Wildman–Crippen LogP) is 2.97. The minimum atomic E-state index is -0.425. The minimum absolute atomic E-state index is 0.159. The molecule has 1 N–H and O–H groups in total. The van der Waals surface area contributed by atoms with Crippen LogP contribution in [0.4, 0.5) is 10.1 Å². The van der Waals surface area contributed by atoms with E-state index in [1.54, 1.807) is 37.3 Å². The molecule has 0 radical (unpaired) electrons. The van der Waals surface area contributed by atoms with Gasteiger partial charge in [0, 0.05) is 5.69 Å². The van der Waals surface area contributed by atoms with Crippen molar-refractivity contribution < 1.29 is 9.18 Å². The predicted molar refractivity (Wildman–Crippen MR) is 80.4 cm³/mol. The summed E-state index contributed by atoms with van der Waals surface area (Å²) in [7, 11) is 0. The molecule has 5 nitrogen and oxygen atoms in total. The van der Waals surface area contributed by atoms with E-state index in [2.05, 4.69) is 15.6 Å². The molecule has 1 heterocycles. The summed E-state index contributed by atoms with van der Waals surface area (Å²) in [6, 6.07) is 15.2. The van der Waals surface area contributed by atoms with Crippen LogP contribution in [0.15, 0.2) is 54.6 Å². The van der Waals surface area contributed by atoms with Crippen molar-refractivity contribution in [3.8, 4) is 5.69 Å². The molecule has 0 spiro atoms. The quantitative estimate of drug-likeness (QED) is 0.808. The van der Waals surface area contributed by atoms with Crippen molar-refractivity contribution in [1.29, 1.82) is 0 Å². The highest BCUT2D eigenvalue weighted by Crippen LogP contribution is 2.16. The molecule has 1 amide bonds. The lowest BCUT2D eigenvalue weighted by atomic mass is 10.2. The lowest BCUT2D eigenvalue weighted by molar-refractivity contribution is 0.102. The molecule has 6 heteroatoms. The van der Waals surface area contributed by atoms with E-state index in [-0.39, 0.29) is 17.3 Å². The second kappa shape index (κ2) is 5.77. The first-order valence-corrected chi connectivity index (χ1v) is 6.70. The van der Waals surface area contributed by atoms with Crippen molar-refractivity contribution >= 4 is 11.6 Å². The normalized spacial score (nSPS) is 10.5. The van der Waals surface area contributed by atoms with Gasteiger partial charge in [0.2, 0.25) is 0 Å². The number of halogens is 1. The van der Waals surface area contributed by atoms with Gasteiger partial charge in [-0.25, -0.2) is 9.07 Å². The lowest BCUT2D eigenvalue weighted by Crippen LogP contribution is -2.14. The Hall–Kier alpha value is -3.02. The first kappa shape index (κ1) is 13.9. The molecule has 0 fully saturated rings. The van der Waals surface area contributed by atoms with Crippen LogP contribution in [-0.2, 0) is 0 Å². The second-order valence-corrected chi connectivity index (χ2v) is 4.71. The molecule has 110 valence electrons. The van der Waals surface area contributed by atoms with E-state index in [1.165, 1.54) is 10.7 Å². The maximum Gasteiger partial charge on any atom is 0.278 e. The lowest BCUT2D eigenvalue weighted by Gasteiger charge is -2.05. The molecule has 0 unspecified atom stereocenters. The summed E-state index contributed by atoms with van der Waals surface area (Å²) >= 11 is 0. The van der Waals surface area contributed by atoms with Crippen LogP contribution in [-0.4, -0.2) is 20.9 Å². The highest BCUT2D eigenvalue weighted by molar-refractivity contribution is 6.03.